The first-order valence-electron chi connectivity index (χ1n) is 5.28. The fraction of sp³-hybridized carbons (Fsp3) is 0.364. The van der Waals surface area contributed by atoms with E-state index in [2.05, 4.69) is 0 Å². The van der Waals surface area contributed by atoms with Crippen LogP contribution in [0.2, 0.25) is 0 Å². The van der Waals surface area contributed by atoms with E-state index in [4.69, 9.17) is 10.8 Å². The zero-order valence-corrected chi connectivity index (χ0v) is 10.9. The molecule has 100 valence electrons. The van der Waals surface area contributed by atoms with Crippen LogP contribution in [0.25, 0.3) is 0 Å². The highest BCUT2D eigenvalue weighted by atomic mass is 32.2. The summed E-state index contributed by atoms with van der Waals surface area (Å²) in [7, 11) is -3.42. The smallest absolute Gasteiger partial charge is 0.242 e. The third-order valence-electron chi connectivity index (χ3n) is 2.24. The van der Waals surface area contributed by atoms with E-state index in [1.165, 1.54) is 4.90 Å². The second kappa shape index (κ2) is 5.83. The number of hydrogen-bond acceptors (Lipinski definition) is 5. The lowest BCUT2D eigenvalue weighted by Gasteiger charge is -2.23. The highest BCUT2D eigenvalue weighted by Gasteiger charge is 2.21. The third-order valence-corrected chi connectivity index (χ3v) is 3.01. The van der Waals surface area contributed by atoms with Gasteiger partial charge in [-0.1, -0.05) is 12.1 Å². The minimum atomic E-state index is -3.42. The molecule has 7 heteroatoms. The van der Waals surface area contributed by atoms with Gasteiger partial charge in [0.25, 0.3) is 0 Å². The molecular formula is C11H16N2O4S. The Kier molecular flexibility index (Phi) is 4.69. The van der Waals surface area contributed by atoms with Gasteiger partial charge in [0.2, 0.25) is 5.91 Å². The lowest BCUT2D eigenvalue weighted by molar-refractivity contribution is -0.116. The highest BCUT2D eigenvalue weighted by molar-refractivity contribution is 7.91. The second-order valence-electron chi connectivity index (χ2n) is 3.90. The molecule has 0 bridgehead atoms. The number of para-hydroxylation sites is 2. The number of nitrogens with two attached hydrogens (primary N) is 1. The number of amides is 1. The monoisotopic (exact) mass is 272 g/mol. The molecule has 0 radical (unpaired) electrons. The molecule has 1 amide bonds. The Morgan fingerprint density at radius 2 is 2.00 bits per heavy atom. The first kappa shape index (κ1) is 14.5. The summed E-state index contributed by atoms with van der Waals surface area (Å²) in [5.41, 5.74) is 6.49. The van der Waals surface area contributed by atoms with E-state index in [-0.39, 0.29) is 13.2 Å². The summed E-state index contributed by atoms with van der Waals surface area (Å²) in [6.45, 7) is -0.271. The van der Waals surface area contributed by atoms with Gasteiger partial charge < -0.3 is 15.7 Å². The number of sulfone groups is 1. The van der Waals surface area contributed by atoms with E-state index < -0.39 is 21.5 Å². The lowest BCUT2D eigenvalue weighted by atomic mass is 10.2. The molecule has 18 heavy (non-hydrogen) atoms. The number of anilines is 2. The van der Waals surface area contributed by atoms with Gasteiger partial charge in [0.05, 0.1) is 18.0 Å². The van der Waals surface area contributed by atoms with Crippen LogP contribution in [0.4, 0.5) is 11.4 Å². The fourth-order valence-corrected chi connectivity index (χ4v) is 2.12. The number of benzene rings is 1. The van der Waals surface area contributed by atoms with Gasteiger partial charge in [-0.05, 0) is 12.1 Å². The molecule has 0 aliphatic rings. The number of nitrogen functional groups attached to an aromatic ring is 1. The van der Waals surface area contributed by atoms with Crippen molar-refractivity contribution in [1.82, 2.24) is 0 Å². The molecular weight excluding hydrogens is 256 g/mol. The van der Waals surface area contributed by atoms with E-state index in [0.29, 0.717) is 11.4 Å². The van der Waals surface area contributed by atoms with Crippen LogP contribution in [0.1, 0.15) is 0 Å². The summed E-state index contributed by atoms with van der Waals surface area (Å²) in [5, 5.41) is 8.95. The van der Waals surface area contributed by atoms with E-state index in [0.717, 1.165) is 6.26 Å². The van der Waals surface area contributed by atoms with Gasteiger partial charge in [-0.3, -0.25) is 4.79 Å². The zero-order valence-electron chi connectivity index (χ0n) is 10.0. The van der Waals surface area contributed by atoms with Crippen LogP contribution in [0.5, 0.6) is 0 Å². The molecule has 0 aromatic heterocycles. The molecule has 0 aliphatic heterocycles. The molecule has 0 spiro atoms. The van der Waals surface area contributed by atoms with Gasteiger partial charge in [-0.2, -0.15) is 0 Å². The minimum Gasteiger partial charge on any atom is -0.397 e. The number of nitrogens with zero attached hydrogens (tertiary/aromatic N) is 1. The Morgan fingerprint density at radius 3 is 2.50 bits per heavy atom. The van der Waals surface area contributed by atoms with Crippen LogP contribution in [0.3, 0.4) is 0 Å². The summed E-state index contributed by atoms with van der Waals surface area (Å²) in [4.78, 5) is 13.1. The minimum absolute atomic E-state index is 0.00255. The fourth-order valence-electron chi connectivity index (χ4n) is 1.52. The number of aliphatic hydroxyl groups excluding tert-OH is 1. The van der Waals surface area contributed by atoms with Gasteiger partial charge in [0, 0.05) is 12.8 Å². The molecule has 1 aromatic rings. The van der Waals surface area contributed by atoms with Crippen LogP contribution in [-0.2, 0) is 14.6 Å². The van der Waals surface area contributed by atoms with Crippen molar-refractivity contribution in [1.29, 1.82) is 0 Å². The molecule has 0 atom stereocenters. The summed E-state index contributed by atoms with van der Waals surface area (Å²) in [6.07, 6.45) is 0.983. The molecule has 0 unspecified atom stereocenters. The van der Waals surface area contributed by atoms with Crippen molar-refractivity contribution >= 4 is 27.1 Å². The van der Waals surface area contributed by atoms with Crippen LogP contribution >= 0.6 is 0 Å². The van der Waals surface area contributed by atoms with E-state index in [1.807, 2.05) is 0 Å². The Bertz CT molecular complexity index is 528. The van der Waals surface area contributed by atoms with E-state index in [1.54, 1.807) is 24.3 Å². The van der Waals surface area contributed by atoms with Gasteiger partial charge in [0.15, 0.2) is 9.84 Å². The number of hydrogen-bond donors (Lipinski definition) is 2. The summed E-state index contributed by atoms with van der Waals surface area (Å²) < 4.78 is 22.3. The second-order valence-corrected chi connectivity index (χ2v) is 6.04. The average Bonchev–Trinajstić information content (AvgIpc) is 2.24. The maximum absolute atomic E-state index is 11.9. The van der Waals surface area contributed by atoms with E-state index >= 15 is 0 Å². The number of rotatable bonds is 5. The predicted molar refractivity (Wildman–Crippen MR) is 70.0 cm³/mol. The highest BCUT2D eigenvalue weighted by Crippen LogP contribution is 2.22. The quantitative estimate of drug-likeness (QED) is 0.713. The van der Waals surface area contributed by atoms with Crippen molar-refractivity contribution < 1.29 is 18.3 Å². The molecule has 0 aliphatic carbocycles. The zero-order chi connectivity index (χ0) is 13.8. The Morgan fingerprint density at radius 1 is 1.39 bits per heavy atom. The van der Waals surface area contributed by atoms with E-state index in [9.17, 15) is 13.2 Å². The van der Waals surface area contributed by atoms with Gasteiger partial charge in [0.1, 0.15) is 5.75 Å². The molecule has 1 aromatic carbocycles. The maximum Gasteiger partial charge on any atom is 0.242 e. The normalized spacial score (nSPS) is 11.2. The molecule has 0 saturated carbocycles. The first-order chi connectivity index (χ1) is 8.35. The summed E-state index contributed by atoms with van der Waals surface area (Å²) in [5.74, 6) is -1.22. The topological polar surface area (TPSA) is 101 Å². The van der Waals surface area contributed by atoms with Crippen LogP contribution < -0.4 is 10.6 Å². The number of aliphatic hydroxyl groups is 1. The molecule has 3 N–H and O–H groups in total. The molecule has 6 nitrogen and oxygen atoms in total. The van der Waals surface area contributed by atoms with Crippen LogP contribution in [0, 0.1) is 0 Å². The van der Waals surface area contributed by atoms with Gasteiger partial charge in [-0.25, -0.2) is 8.42 Å². The van der Waals surface area contributed by atoms with Crippen molar-refractivity contribution in [3.8, 4) is 0 Å². The predicted octanol–water partition coefficient (Wildman–Crippen LogP) is -0.361. The Labute approximate surface area is 106 Å². The summed E-state index contributed by atoms with van der Waals surface area (Å²) in [6, 6.07) is 6.60. The van der Waals surface area contributed by atoms with Crippen molar-refractivity contribution in [2.75, 3.05) is 35.8 Å². The largest absolute Gasteiger partial charge is 0.397 e. The standard InChI is InChI=1S/C11H16N2O4S/c1-18(16,17)8-11(15)13(6-7-14)10-5-3-2-4-9(10)12/h2-5,14H,6-8,12H2,1H3. The third kappa shape index (κ3) is 4.01. The van der Waals surface area contributed by atoms with Crippen LogP contribution in [0.15, 0.2) is 24.3 Å². The molecule has 0 heterocycles. The molecule has 0 saturated heterocycles. The average molecular weight is 272 g/mol. The van der Waals surface area contributed by atoms with Crippen molar-refractivity contribution in [2.45, 2.75) is 0 Å². The first-order valence-corrected chi connectivity index (χ1v) is 7.34. The molecule has 0 fully saturated rings. The SMILES string of the molecule is CS(=O)(=O)CC(=O)N(CCO)c1ccccc1N. The lowest BCUT2D eigenvalue weighted by Crippen LogP contribution is -2.38. The van der Waals surface area contributed by atoms with Crippen molar-refractivity contribution in [3.05, 3.63) is 24.3 Å². The van der Waals surface area contributed by atoms with Crippen molar-refractivity contribution in [2.24, 2.45) is 0 Å². The number of carbonyl (C=O) groups excluding carboxylic acids is 1. The van der Waals surface area contributed by atoms with Crippen LogP contribution in [-0.4, -0.2) is 44.6 Å². The Balaban J connectivity index is 3.03. The maximum atomic E-state index is 11.9. The van der Waals surface area contributed by atoms with Gasteiger partial charge >= 0.3 is 0 Å². The van der Waals surface area contributed by atoms with Crippen molar-refractivity contribution in [3.63, 3.8) is 0 Å². The molecule has 1 rings (SSSR count). The summed E-state index contributed by atoms with van der Waals surface area (Å²) >= 11 is 0. The Hall–Kier alpha value is -1.60. The van der Waals surface area contributed by atoms with Gasteiger partial charge in [-0.15, -0.1) is 0 Å². The number of carbonyl (C=O) groups is 1.